The molecule has 0 bridgehead atoms. The number of carbonyl (C=O) groups is 1. The van der Waals surface area contributed by atoms with Gasteiger partial charge in [-0.2, -0.15) is 0 Å². The van der Waals surface area contributed by atoms with Gasteiger partial charge in [-0.1, -0.05) is 0 Å². The molecule has 0 aliphatic heterocycles. The summed E-state index contributed by atoms with van der Waals surface area (Å²) in [6.45, 7) is 2.52. The number of aromatic nitrogens is 1. The van der Waals surface area contributed by atoms with Crippen molar-refractivity contribution in [2.75, 3.05) is 11.1 Å². The molecule has 0 aliphatic carbocycles. The van der Waals surface area contributed by atoms with E-state index < -0.39 is 5.91 Å². The number of hydrogen-bond acceptors (Lipinski definition) is 5. The van der Waals surface area contributed by atoms with Gasteiger partial charge in [0.2, 0.25) is 5.91 Å². The predicted molar refractivity (Wildman–Crippen MR) is 73.6 cm³/mol. The minimum absolute atomic E-state index is 0.432. The van der Waals surface area contributed by atoms with Crippen molar-refractivity contribution >= 4 is 28.6 Å². The van der Waals surface area contributed by atoms with Crippen molar-refractivity contribution < 1.29 is 4.79 Å². The van der Waals surface area contributed by atoms with Gasteiger partial charge in [0.1, 0.15) is 0 Å². The first-order valence-electron chi connectivity index (χ1n) is 5.40. The normalized spacial score (nSPS) is 10.3. The molecule has 0 saturated heterocycles. The first kappa shape index (κ1) is 12.4. The minimum atomic E-state index is -0.470. The maximum Gasteiger partial charge on any atom is 0.248 e. The Balaban J connectivity index is 2.13. The van der Waals surface area contributed by atoms with Gasteiger partial charge in [-0.15, -0.1) is 11.3 Å². The molecule has 0 radical (unpaired) electrons. The highest BCUT2D eigenvalue weighted by Crippen LogP contribution is 2.21. The van der Waals surface area contributed by atoms with E-state index in [2.05, 4.69) is 10.3 Å². The number of amides is 1. The molecule has 0 fully saturated rings. The molecule has 0 atom stereocenters. The van der Waals surface area contributed by atoms with Gasteiger partial charge >= 0.3 is 0 Å². The topological polar surface area (TPSA) is 94.0 Å². The fourth-order valence-corrected chi connectivity index (χ4v) is 2.15. The third kappa shape index (κ3) is 2.78. The van der Waals surface area contributed by atoms with Crippen molar-refractivity contribution in [3.05, 3.63) is 39.8 Å². The zero-order chi connectivity index (χ0) is 13.1. The Kier molecular flexibility index (Phi) is 3.47. The second-order valence-corrected chi connectivity index (χ2v) is 4.94. The highest BCUT2D eigenvalue weighted by Gasteiger charge is 2.05. The first-order chi connectivity index (χ1) is 8.56. The highest BCUT2D eigenvalue weighted by atomic mass is 32.1. The number of aryl methyl sites for hydroxylation is 1. The zero-order valence-corrected chi connectivity index (χ0v) is 10.8. The van der Waals surface area contributed by atoms with Gasteiger partial charge in [0.05, 0.1) is 28.6 Å². The van der Waals surface area contributed by atoms with Crippen LogP contribution in [0.3, 0.4) is 0 Å². The van der Waals surface area contributed by atoms with Gasteiger partial charge in [-0.05, 0) is 25.1 Å². The summed E-state index contributed by atoms with van der Waals surface area (Å²) in [5.41, 5.74) is 13.7. The zero-order valence-electron chi connectivity index (χ0n) is 9.93. The standard InChI is InChI=1S/C12H14N4OS/c1-7-16-9(6-18-7)5-15-11-4-8(12(14)17)2-3-10(11)13/h2-4,6,15H,5,13H2,1H3,(H2,14,17). The number of benzene rings is 1. The van der Waals surface area contributed by atoms with Crippen LogP contribution in [0.25, 0.3) is 0 Å². The Morgan fingerprint density at radius 3 is 2.89 bits per heavy atom. The molecule has 0 aliphatic rings. The van der Waals surface area contributed by atoms with E-state index in [1.807, 2.05) is 12.3 Å². The van der Waals surface area contributed by atoms with Gasteiger partial charge in [0.15, 0.2) is 0 Å². The number of rotatable bonds is 4. The molecule has 18 heavy (non-hydrogen) atoms. The van der Waals surface area contributed by atoms with Crippen LogP contribution in [-0.2, 0) is 6.54 Å². The van der Waals surface area contributed by atoms with Crippen LogP contribution in [0.2, 0.25) is 0 Å². The number of carbonyl (C=O) groups excluding carboxylic acids is 1. The second kappa shape index (κ2) is 5.05. The SMILES string of the molecule is Cc1nc(CNc2cc(C(N)=O)ccc2N)cs1. The Morgan fingerprint density at radius 2 is 2.28 bits per heavy atom. The molecule has 1 aromatic heterocycles. The molecule has 0 unspecified atom stereocenters. The van der Waals surface area contributed by atoms with E-state index in [1.54, 1.807) is 29.5 Å². The largest absolute Gasteiger partial charge is 0.397 e. The summed E-state index contributed by atoms with van der Waals surface area (Å²) in [6, 6.07) is 4.92. The Hall–Kier alpha value is -2.08. The molecule has 5 nitrogen and oxygen atoms in total. The lowest BCUT2D eigenvalue weighted by Gasteiger charge is -2.09. The minimum Gasteiger partial charge on any atom is -0.397 e. The van der Waals surface area contributed by atoms with Crippen molar-refractivity contribution in [1.29, 1.82) is 0 Å². The lowest BCUT2D eigenvalue weighted by molar-refractivity contribution is 0.100. The molecule has 6 heteroatoms. The van der Waals surface area contributed by atoms with Crippen LogP contribution in [0.5, 0.6) is 0 Å². The number of hydrogen-bond donors (Lipinski definition) is 3. The average molecular weight is 262 g/mol. The fourth-order valence-electron chi connectivity index (χ4n) is 1.54. The Morgan fingerprint density at radius 1 is 1.50 bits per heavy atom. The molecule has 2 rings (SSSR count). The van der Waals surface area contributed by atoms with Crippen LogP contribution >= 0.6 is 11.3 Å². The van der Waals surface area contributed by atoms with Crippen LogP contribution in [0.15, 0.2) is 23.6 Å². The summed E-state index contributed by atoms with van der Waals surface area (Å²) in [4.78, 5) is 15.4. The average Bonchev–Trinajstić information content (AvgIpc) is 2.74. The van der Waals surface area contributed by atoms with E-state index in [0.717, 1.165) is 10.7 Å². The van der Waals surface area contributed by atoms with E-state index in [0.29, 0.717) is 23.5 Å². The van der Waals surface area contributed by atoms with E-state index >= 15 is 0 Å². The smallest absolute Gasteiger partial charge is 0.248 e. The molecule has 1 amide bonds. The molecule has 94 valence electrons. The Bertz CT molecular complexity index is 579. The molecule has 1 heterocycles. The maximum atomic E-state index is 11.1. The number of nitrogen functional groups attached to an aromatic ring is 1. The van der Waals surface area contributed by atoms with Crippen molar-refractivity contribution in [3.63, 3.8) is 0 Å². The van der Waals surface area contributed by atoms with Crippen LogP contribution in [0.4, 0.5) is 11.4 Å². The van der Waals surface area contributed by atoms with Crippen molar-refractivity contribution in [2.24, 2.45) is 5.73 Å². The van der Waals surface area contributed by atoms with Crippen molar-refractivity contribution in [1.82, 2.24) is 4.98 Å². The van der Waals surface area contributed by atoms with E-state index in [-0.39, 0.29) is 0 Å². The summed E-state index contributed by atoms with van der Waals surface area (Å²) < 4.78 is 0. The summed E-state index contributed by atoms with van der Waals surface area (Å²) in [7, 11) is 0. The van der Waals surface area contributed by atoms with E-state index in [1.165, 1.54) is 0 Å². The van der Waals surface area contributed by atoms with E-state index in [4.69, 9.17) is 11.5 Å². The number of thiazole rings is 1. The molecule has 0 spiro atoms. The number of anilines is 2. The Labute approximate surface area is 109 Å². The predicted octanol–water partition coefficient (Wildman–Crippen LogP) is 1.74. The maximum absolute atomic E-state index is 11.1. The third-order valence-electron chi connectivity index (χ3n) is 2.46. The monoisotopic (exact) mass is 262 g/mol. The molecule has 5 N–H and O–H groups in total. The van der Waals surface area contributed by atoms with Gasteiger partial charge in [0, 0.05) is 10.9 Å². The number of nitrogens with one attached hydrogen (secondary N) is 1. The fraction of sp³-hybridized carbons (Fsp3) is 0.167. The van der Waals surface area contributed by atoms with Gasteiger partial charge < -0.3 is 16.8 Å². The first-order valence-corrected chi connectivity index (χ1v) is 6.28. The van der Waals surface area contributed by atoms with Gasteiger partial charge in [-0.25, -0.2) is 4.98 Å². The van der Waals surface area contributed by atoms with Crippen LogP contribution in [0.1, 0.15) is 21.1 Å². The van der Waals surface area contributed by atoms with Crippen LogP contribution < -0.4 is 16.8 Å². The van der Waals surface area contributed by atoms with Crippen LogP contribution in [-0.4, -0.2) is 10.9 Å². The lowest BCUT2D eigenvalue weighted by Crippen LogP contribution is -2.12. The lowest BCUT2D eigenvalue weighted by atomic mass is 10.1. The summed E-state index contributed by atoms with van der Waals surface area (Å²) >= 11 is 1.60. The quantitative estimate of drug-likeness (QED) is 0.731. The molecule has 0 saturated carbocycles. The number of nitrogens with two attached hydrogens (primary N) is 2. The second-order valence-electron chi connectivity index (χ2n) is 3.88. The molecular weight excluding hydrogens is 248 g/mol. The van der Waals surface area contributed by atoms with Crippen molar-refractivity contribution in [2.45, 2.75) is 13.5 Å². The van der Waals surface area contributed by atoms with Crippen LogP contribution in [0, 0.1) is 6.92 Å². The molecule has 2 aromatic rings. The summed E-state index contributed by atoms with van der Waals surface area (Å²) in [5.74, 6) is -0.470. The van der Waals surface area contributed by atoms with Gasteiger partial charge in [-0.3, -0.25) is 4.79 Å². The van der Waals surface area contributed by atoms with E-state index in [9.17, 15) is 4.79 Å². The summed E-state index contributed by atoms with van der Waals surface area (Å²) in [6.07, 6.45) is 0. The highest BCUT2D eigenvalue weighted by molar-refractivity contribution is 7.09. The van der Waals surface area contributed by atoms with Gasteiger partial charge in [0.25, 0.3) is 0 Å². The number of nitrogens with zero attached hydrogens (tertiary/aromatic N) is 1. The third-order valence-corrected chi connectivity index (χ3v) is 3.29. The van der Waals surface area contributed by atoms with Crippen molar-refractivity contribution in [3.8, 4) is 0 Å². The number of primary amides is 1. The molecule has 1 aromatic carbocycles. The summed E-state index contributed by atoms with van der Waals surface area (Å²) in [5, 5.41) is 6.15. The molecular formula is C12H14N4OS.